The average Bonchev–Trinajstić information content (AvgIpc) is 3.61. The fourth-order valence-corrected chi connectivity index (χ4v) is 7.34. The molecule has 0 spiro atoms. The largest absolute Gasteiger partial charge is 0.465 e. The molecule has 2 aromatic carbocycles. The SMILES string of the molecule is COC(=O)c1c(-c2ccc(Br)cc2)csc1NC(=O)CCSCCC(=O)Nc1scc(-c2ccc(Br)cc2)c1C(=O)OC. The summed E-state index contributed by atoms with van der Waals surface area (Å²) in [6, 6.07) is 15.0. The van der Waals surface area contributed by atoms with Gasteiger partial charge in [0, 0.05) is 55.2 Å². The predicted molar refractivity (Wildman–Crippen MR) is 181 cm³/mol. The van der Waals surface area contributed by atoms with E-state index in [4.69, 9.17) is 9.47 Å². The quantitative estimate of drug-likeness (QED) is 0.110. The number of hydrogen-bond acceptors (Lipinski definition) is 9. The van der Waals surface area contributed by atoms with Gasteiger partial charge in [0.2, 0.25) is 11.8 Å². The van der Waals surface area contributed by atoms with Crippen molar-refractivity contribution < 1.29 is 28.7 Å². The second kappa shape index (κ2) is 15.7. The van der Waals surface area contributed by atoms with Gasteiger partial charge in [0.1, 0.15) is 21.1 Å². The molecule has 0 atom stereocenters. The summed E-state index contributed by atoms with van der Waals surface area (Å²) in [6.45, 7) is 0. The van der Waals surface area contributed by atoms with E-state index in [-0.39, 0.29) is 24.7 Å². The van der Waals surface area contributed by atoms with Crippen LogP contribution in [0.25, 0.3) is 22.3 Å². The third-order valence-corrected chi connectivity index (χ3v) is 9.96. The summed E-state index contributed by atoms with van der Waals surface area (Å²) in [5.41, 5.74) is 3.67. The lowest BCUT2D eigenvalue weighted by atomic mass is 10.0. The maximum Gasteiger partial charge on any atom is 0.341 e. The highest BCUT2D eigenvalue weighted by Crippen LogP contribution is 2.38. The van der Waals surface area contributed by atoms with E-state index in [1.807, 2.05) is 59.3 Å². The Kier molecular flexibility index (Phi) is 12.0. The summed E-state index contributed by atoms with van der Waals surface area (Å²) in [5, 5.41) is 10.2. The second-order valence-corrected chi connectivity index (χ2v) is 13.7. The lowest BCUT2D eigenvalue weighted by molar-refractivity contribution is -0.116. The van der Waals surface area contributed by atoms with Gasteiger partial charge in [-0.2, -0.15) is 11.8 Å². The molecule has 2 amide bonds. The number of methoxy groups -OCH3 is 2. The molecule has 0 fully saturated rings. The lowest BCUT2D eigenvalue weighted by Crippen LogP contribution is -2.16. The highest BCUT2D eigenvalue weighted by molar-refractivity contribution is 9.10. The van der Waals surface area contributed by atoms with E-state index in [1.165, 1.54) is 48.7 Å². The van der Waals surface area contributed by atoms with Gasteiger partial charge in [-0.15, -0.1) is 22.7 Å². The number of anilines is 2. The van der Waals surface area contributed by atoms with Gasteiger partial charge in [-0.25, -0.2) is 9.59 Å². The van der Waals surface area contributed by atoms with Crippen LogP contribution in [0.5, 0.6) is 0 Å². The minimum atomic E-state index is -0.528. The molecule has 0 radical (unpaired) electrons. The van der Waals surface area contributed by atoms with E-state index in [1.54, 1.807) is 0 Å². The zero-order chi connectivity index (χ0) is 30.9. The van der Waals surface area contributed by atoms with Crippen LogP contribution >= 0.6 is 66.3 Å². The summed E-state index contributed by atoms with van der Waals surface area (Å²) < 4.78 is 11.8. The second-order valence-electron chi connectivity index (χ2n) is 8.91. The molecule has 0 aliphatic rings. The molecule has 2 aromatic heterocycles. The van der Waals surface area contributed by atoms with Crippen LogP contribution in [0.15, 0.2) is 68.2 Å². The number of thiophene rings is 2. The van der Waals surface area contributed by atoms with E-state index < -0.39 is 11.9 Å². The van der Waals surface area contributed by atoms with E-state index in [9.17, 15) is 19.2 Å². The van der Waals surface area contributed by atoms with Crippen molar-refractivity contribution in [3.63, 3.8) is 0 Å². The molecule has 0 aliphatic carbocycles. The van der Waals surface area contributed by atoms with E-state index in [2.05, 4.69) is 42.5 Å². The maximum absolute atomic E-state index is 12.7. The van der Waals surface area contributed by atoms with Crippen LogP contribution in [0.4, 0.5) is 10.0 Å². The number of rotatable bonds is 12. The van der Waals surface area contributed by atoms with Crippen molar-refractivity contribution in [2.75, 3.05) is 36.4 Å². The van der Waals surface area contributed by atoms with Gasteiger partial charge in [0.05, 0.1) is 14.2 Å². The topological polar surface area (TPSA) is 111 Å². The van der Waals surface area contributed by atoms with Crippen LogP contribution < -0.4 is 10.6 Å². The van der Waals surface area contributed by atoms with Crippen molar-refractivity contribution >= 4 is 100 Å². The smallest absolute Gasteiger partial charge is 0.341 e. The number of carbonyl (C=O) groups is 4. The summed E-state index contributed by atoms with van der Waals surface area (Å²) in [5.74, 6) is -0.573. The maximum atomic E-state index is 12.7. The van der Waals surface area contributed by atoms with Crippen molar-refractivity contribution in [1.29, 1.82) is 0 Å². The minimum absolute atomic E-state index is 0.201. The molecular weight excluding hydrogens is 740 g/mol. The van der Waals surface area contributed by atoms with Gasteiger partial charge in [0.25, 0.3) is 0 Å². The van der Waals surface area contributed by atoms with Gasteiger partial charge in [-0.3, -0.25) is 9.59 Å². The molecule has 43 heavy (non-hydrogen) atoms. The average molecular weight is 767 g/mol. The molecule has 0 unspecified atom stereocenters. The Morgan fingerprint density at radius 1 is 0.674 bits per heavy atom. The Balaban J connectivity index is 1.28. The first-order valence-electron chi connectivity index (χ1n) is 12.8. The number of benzene rings is 2. The molecule has 13 heteroatoms. The number of ether oxygens (including phenoxy) is 2. The summed E-state index contributed by atoms with van der Waals surface area (Å²) in [7, 11) is 2.61. The first-order valence-corrected chi connectivity index (χ1v) is 17.3. The first kappa shape index (κ1) is 32.9. The number of carbonyl (C=O) groups excluding carboxylic acids is 4. The molecule has 2 N–H and O–H groups in total. The Morgan fingerprint density at radius 3 is 1.40 bits per heavy atom. The monoisotopic (exact) mass is 764 g/mol. The van der Waals surface area contributed by atoms with E-state index in [0.717, 1.165) is 20.1 Å². The molecule has 0 bridgehead atoms. The van der Waals surface area contributed by atoms with Crippen molar-refractivity contribution in [1.82, 2.24) is 0 Å². The number of nitrogens with one attached hydrogen (secondary N) is 2. The Morgan fingerprint density at radius 2 is 1.05 bits per heavy atom. The zero-order valence-electron chi connectivity index (χ0n) is 23.0. The summed E-state index contributed by atoms with van der Waals surface area (Å²) >= 11 is 10.8. The van der Waals surface area contributed by atoms with Crippen molar-refractivity contribution in [2.45, 2.75) is 12.8 Å². The van der Waals surface area contributed by atoms with Crippen LogP contribution in [-0.4, -0.2) is 49.5 Å². The summed E-state index contributed by atoms with van der Waals surface area (Å²) in [4.78, 5) is 50.4. The number of halogens is 2. The van der Waals surface area contributed by atoms with Gasteiger partial charge in [0.15, 0.2) is 0 Å². The fraction of sp³-hybridized carbons (Fsp3) is 0.200. The Hall–Kier alpha value is -2.97. The van der Waals surface area contributed by atoms with Crippen LogP contribution in [0, 0.1) is 0 Å². The molecule has 4 rings (SSSR count). The molecule has 224 valence electrons. The normalized spacial score (nSPS) is 10.7. The zero-order valence-corrected chi connectivity index (χ0v) is 28.7. The first-order chi connectivity index (χ1) is 20.7. The molecule has 0 saturated carbocycles. The predicted octanol–water partition coefficient (Wildman–Crippen LogP) is 8.33. The standard InChI is InChI=1S/C30H26Br2N2O6S3/c1-39-29(37)25-21(17-3-7-19(31)8-4-17)15-42-27(25)33-23(35)11-13-41-14-12-24(36)34-28-26(30(38)40-2)22(16-43-28)18-5-9-20(32)10-6-18/h3-10,15-16H,11-14H2,1-2H3,(H,33,35)(H,34,36). The van der Waals surface area contributed by atoms with Gasteiger partial charge in [-0.1, -0.05) is 56.1 Å². The third kappa shape index (κ3) is 8.57. The highest BCUT2D eigenvalue weighted by atomic mass is 79.9. The number of thioether (sulfide) groups is 1. The number of amides is 2. The van der Waals surface area contributed by atoms with Gasteiger partial charge in [-0.05, 0) is 35.4 Å². The van der Waals surface area contributed by atoms with Crippen LogP contribution in [0.1, 0.15) is 33.6 Å². The van der Waals surface area contributed by atoms with E-state index >= 15 is 0 Å². The molecule has 8 nitrogen and oxygen atoms in total. The van der Waals surface area contributed by atoms with E-state index in [0.29, 0.717) is 43.8 Å². The minimum Gasteiger partial charge on any atom is -0.465 e. The Bertz CT molecular complexity index is 1500. The fourth-order valence-electron chi connectivity index (χ4n) is 4.00. The van der Waals surface area contributed by atoms with Crippen LogP contribution in [0.3, 0.4) is 0 Å². The third-order valence-electron chi connectivity index (χ3n) is 6.12. The molecule has 4 aromatic rings. The highest BCUT2D eigenvalue weighted by Gasteiger charge is 2.23. The van der Waals surface area contributed by atoms with Gasteiger partial charge < -0.3 is 20.1 Å². The molecule has 2 heterocycles. The van der Waals surface area contributed by atoms with Crippen molar-refractivity contribution in [3.05, 3.63) is 79.4 Å². The van der Waals surface area contributed by atoms with Crippen molar-refractivity contribution in [3.8, 4) is 22.3 Å². The Labute approximate surface area is 277 Å². The van der Waals surface area contributed by atoms with Crippen LogP contribution in [-0.2, 0) is 19.1 Å². The van der Waals surface area contributed by atoms with Crippen molar-refractivity contribution in [2.24, 2.45) is 0 Å². The molecule has 0 aliphatic heterocycles. The number of esters is 2. The van der Waals surface area contributed by atoms with Gasteiger partial charge >= 0.3 is 11.9 Å². The van der Waals surface area contributed by atoms with Crippen LogP contribution in [0.2, 0.25) is 0 Å². The molecule has 0 saturated heterocycles. The lowest BCUT2D eigenvalue weighted by Gasteiger charge is -2.09. The summed E-state index contributed by atoms with van der Waals surface area (Å²) in [6.07, 6.45) is 0.402. The molecular formula is C30H26Br2N2O6S3. The number of hydrogen-bond donors (Lipinski definition) is 2.